The van der Waals surface area contributed by atoms with E-state index < -0.39 is 5.97 Å². The number of carboxylic acid groups (broad SMARTS) is 1. The second kappa shape index (κ2) is 4.00. The first-order valence-electron chi connectivity index (χ1n) is 4.34. The van der Waals surface area contributed by atoms with Crippen LogP contribution in [0.2, 0.25) is 0 Å². The summed E-state index contributed by atoms with van der Waals surface area (Å²) in [4.78, 5) is 12.0. The van der Waals surface area contributed by atoms with Crippen LogP contribution in [0.1, 0.15) is 11.3 Å². The van der Waals surface area contributed by atoms with Gasteiger partial charge in [-0.25, -0.2) is 0 Å². The number of aliphatic carboxylic acids is 1. The highest BCUT2D eigenvalue weighted by Crippen LogP contribution is 2.20. The second-order valence-electron chi connectivity index (χ2n) is 3.27. The lowest BCUT2D eigenvalue weighted by atomic mass is 10.2. The smallest absolute Gasteiger partial charge is 0.323 e. The van der Waals surface area contributed by atoms with E-state index in [0.29, 0.717) is 17.1 Å². The van der Waals surface area contributed by atoms with Crippen molar-refractivity contribution in [3.8, 4) is 6.07 Å². The summed E-state index contributed by atoms with van der Waals surface area (Å²) in [6.07, 6.45) is 0. The molecule has 80 valence electrons. The number of carboxylic acids is 1. The maximum Gasteiger partial charge on any atom is 0.323 e. The van der Waals surface area contributed by atoms with Gasteiger partial charge in [-0.1, -0.05) is 0 Å². The molecule has 0 aliphatic carbocycles. The quantitative estimate of drug-likeness (QED) is 0.763. The van der Waals surface area contributed by atoms with E-state index in [2.05, 4.69) is 5.10 Å². The van der Waals surface area contributed by atoms with Crippen LogP contribution in [0.4, 0.5) is 5.82 Å². The number of likely N-dealkylation sites (N-methyl/N-ethyl adjacent to an activating group) is 1. The van der Waals surface area contributed by atoms with Gasteiger partial charge < -0.3 is 10.0 Å². The zero-order valence-electron chi connectivity index (χ0n) is 8.85. The molecule has 0 saturated heterocycles. The molecule has 0 bridgehead atoms. The van der Waals surface area contributed by atoms with Gasteiger partial charge in [0.05, 0.1) is 5.69 Å². The van der Waals surface area contributed by atoms with Crippen molar-refractivity contribution in [3.63, 3.8) is 0 Å². The van der Waals surface area contributed by atoms with Crippen LogP contribution in [0.25, 0.3) is 0 Å². The van der Waals surface area contributed by atoms with Crippen LogP contribution >= 0.6 is 0 Å². The van der Waals surface area contributed by atoms with Crippen molar-refractivity contribution in [2.45, 2.75) is 6.92 Å². The van der Waals surface area contributed by atoms with Crippen molar-refractivity contribution in [1.82, 2.24) is 9.78 Å². The lowest BCUT2D eigenvalue weighted by molar-refractivity contribution is -0.135. The molecule has 1 rings (SSSR count). The van der Waals surface area contributed by atoms with Crippen LogP contribution in [0.3, 0.4) is 0 Å². The maximum absolute atomic E-state index is 10.5. The molecule has 0 aromatic carbocycles. The summed E-state index contributed by atoms with van der Waals surface area (Å²) in [7, 11) is 3.30. The summed E-state index contributed by atoms with van der Waals surface area (Å²) in [6.45, 7) is 1.56. The molecule has 6 nitrogen and oxygen atoms in total. The van der Waals surface area contributed by atoms with Gasteiger partial charge in [0.25, 0.3) is 0 Å². The highest BCUT2D eigenvalue weighted by molar-refractivity contribution is 5.74. The Morgan fingerprint density at radius 3 is 2.80 bits per heavy atom. The first-order valence-corrected chi connectivity index (χ1v) is 4.34. The van der Waals surface area contributed by atoms with Crippen LogP contribution in [0.15, 0.2) is 0 Å². The number of hydrogen-bond donors (Lipinski definition) is 1. The van der Waals surface area contributed by atoms with Crippen molar-refractivity contribution in [3.05, 3.63) is 11.3 Å². The minimum absolute atomic E-state index is 0.159. The van der Waals surface area contributed by atoms with E-state index in [1.807, 2.05) is 6.07 Å². The lowest BCUT2D eigenvalue weighted by Gasteiger charge is -2.16. The predicted octanol–water partition coefficient (Wildman–Crippen LogP) is 0.121. The van der Waals surface area contributed by atoms with E-state index in [1.165, 1.54) is 9.58 Å². The van der Waals surface area contributed by atoms with Gasteiger partial charge in [-0.15, -0.1) is 0 Å². The minimum atomic E-state index is -0.944. The summed E-state index contributed by atoms with van der Waals surface area (Å²) < 4.78 is 1.51. The fourth-order valence-corrected chi connectivity index (χ4v) is 1.49. The maximum atomic E-state index is 10.5. The Morgan fingerprint density at radius 1 is 1.73 bits per heavy atom. The lowest BCUT2D eigenvalue weighted by Crippen LogP contribution is -2.27. The first kappa shape index (κ1) is 11.0. The van der Waals surface area contributed by atoms with Crippen molar-refractivity contribution >= 4 is 11.8 Å². The van der Waals surface area contributed by atoms with E-state index in [-0.39, 0.29) is 6.54 Å². The van der Waals surface area contributed by atoms with Crippen molar-refractivity contribution in [2.24, 2.45) is 7.05 Å². The highest BCUT2D eigenvalue weighted by Gasteiger charge is 2.17. The Labute approximate surface area is 87.3 Å². The van der Waals surface area contributed by atoms with Crippen molar-refractivity contribution in [2.75, 3.05) is 18.5 Å². The Hall–Kier alpha value is -2.03. The van der Waals surface area contributed by atoms with Crippen LogP contribution in [-0.4, -0.2) is 34.4 Å². The first-order chi connectivity index (χ1) is 6.97. The molecule has 0 atom stereocenters. The summed E-state index contributed by atoms with van der Waals surface area (Å²) in [5.41, 5.74) is 1.02. The fourth-order valence-electron chi connectivity index (χ4n) is 1.49. The van der Waals surface area contributed by atoms with Gasteiger partial charge in [-0.2, -0.15) is 10.4 Å². The van der Waals surface area contributed by atoms with Crippen molar-refractivity contribution < 1.29 is 9.90 Å². The minimum Gasteiger partial charge on any atom is -0.480 e. The molecule has 0 saturated carbocycles. The summed E-state index contributed by atoms with van der Waals surface area (Å²) in [5, 5.41) is 21.6. The molecule has 0 amide bonds. The molecule has 0 spiro atoms. The number of hydrogen-bond acceptors (Lipinski definition) is 4. The normalized spacial score (nSPS) is 9.73. The largest absolute Gasteiger partial charge is 0.480 e. The molecular formula is C9H12N4O2. The molecule has 0 radical (unpaired) electrons. The zero-order chi connectivity index (χ0) is 11.6. The van der Waals surface area contributed by atoms with Gasteiger partial charge in [-0.05, 0) is 6.92 Å². The number of aryl methyl sites for hydroxylation is 2. The van der Waals surface area contributed by atoms with Gasteiger partial charge in [-0.3, -0.25) is 9.48 Å². The van der Waals surface area contributed by atoms with Crippen LogP contribution in [0.5, 0.6) is 0 Å². The summed E-state index contributed by atoms with van der Waals surface area (Å²) in [6, 6.07) is 2.02. The van der Waals surface area contributed by atoms with E-state index in [1.54, 1.807) is 21.0 Å². The number of nitriles is 1. The molecule has 0 unspecified atom stereocenters. The molecule has 1 aromatic heterocycles. The predicted molar refractivity (Wildman–Crippen MR) is 53.6 cm³/mol. The van der Waals surface area contributed by atoms with E-state index >= 15 is 0 Å². The van der Waals surface area contributed by atoms with Gasteiger partial charge in [0.2, 0.25) is 0 Å². The monoisotopic (exact) mass is 208 g/mol. The molecule has 6 heteroatoms. The van der Waals surface area contributed by atoms with E-state index in [4.69, 9.17) is 10.4 Å². The molecule has 1 heterocycles. The number of anilines is 1. The van der Waals surface area contributed by atoms with Crippen LogP contribution in [0, 0.1) is 18.3 Å². The zero-order valence-corrected chi connectivity index (χ0v) is 8.85. The van der Waals surface area contributed by atoms with Gasteiger partial charge in [0.1, 0.15) is 24.0 Å². The third kappa shape index (κ3) is 2.07. The number of rotatable bonds is 3. The van der Waals surface area contributed by atoms with Gasteiger partial charge >= 0.3 is 5.97 Å². The van der Waals surface area contributed by atoms with E-state index in [0.717, 1.165) is 0 Å². The Morgan fingerprint density at radius 2 is 2.33 bits per heavy atom. The Balaban J connectivity index is 3.13. The molecule has 1 aromatic rings. The second-order valence-corrected chi connectivity index (χ2v) is 3.27. The van der Waals surface area contributed by atoms with Gasteiger partial charge in [0, 0.05) is 14.1 Å². The summed E-state index contributed by atoms with van der Waals surface area (Å²) in [5.74, 6) is -0.419. The highest BCUT2D eigenvalue weighted by atomic mass is 16.4. The third-order valence-electron chi connectivity index (χ3n) is 2.04. The van der Waals surface area contributed by atoms with Crippen LogP contribution < -0.4 is 4.90 Å². The molecule has 0 aliphatic rings. The average Bonchev–Trinajstić information content (AvgIpc) is 2.38. The number of carbonyl (C=O) groups is 1. The number of nitrogens with zero attached hydrogens (tertiary/aromatic N) is 4. The summed E-state index contributed by atoms with van der Waals surface area (Å²) >= 11 is 0. The molecule has 0 fully saturated rings. The average molecular weight is 208 g/mol. The molecular weight excluding hydrogens is 196 g/mol. The van der Waals surface area contributed by atoms with Crippen LogP contribution in [-0.2, 0) is 11.8 Å². The molecule has 15 heavy (non-hydrogen) atoms. The standard InChI is InChI=1S/C9H12N4O2/c1-6-7(4-10)9(13(3)11-6)12(2)5-8(14)15/h5H2,1-3H3,(H,14,15). The van der Waals surface area contributed by atoms with Crippen molar-refractivity contribution in [1.29, 1.82) is 5.26 Å². The fraction of sp³-hybridized carbons (Fsp3) is 0.444. The Bertz CT molecular complexity index is 430. The van der Waals surface area contributed by atoms with E-state index in [9.17, 15) is 4.79 Å². The molecule has 0 aliphatic heterocycles. The topological polar surface area (TPSA) is 82.2 Å². The van der Waals surface area contributed by atoms with Gasteiger partial charge in [0.15, 0.2) is 0 Å². The molecule has 1 N–H and O–H groups in total. The number of aromatic nitrogens is 2. The SMILES string of the molecule is Cc1nn(C)c(N(C)CC(=O)O)c1C#N. The Kier molecular flexibility index (Phi) is 2.95. The third-order valence-corrected chi connectivity index (χ3v) is 2.04.